The van der Waals surface area contributed by atoms with Crippen molar-refractivity contribution in [2.24, 2.45) is 0 Å². The highest BCUT2D eigenvalue weighted by Gasteiger charge is 2.31. The molecule has 1 aliphatic heterocycles. The van der Waals surface area contributed by atoms with Crippen LogP contribution in [-0.2, 0) is 4.79 Å². The van der Waals surface area contributed by atoms with Crippen molar-refractivity contribution in [1.82, 2.24) is 4.90 Å². The van der Waals surface area contributed by atoms with Crippen molar-refractivity contribution in [3.8, 4) is 5.75 Å². The van der Waals surface area contributed by atoms with Gasteiger partial charge in [-0.05, 0) is 19.1 Å². The second-order valence-electron chi connectivity index (χ2n) is 4.51. The van der Waals surface area contributed by atoms with Gasteiger partial charge in [-0.2, -0.15) is 0 Å². The molecule has 1 N–H and O–H groups in total. The van der Waals surface area contributed by atoms with E-state index in [4.69, 9.17) is 4.74 Å². The van der Waals surface area contributed by atoms with E-state index >= 15 is 0 Å². The number of amides is 1. The second-order valence-corrected chi connectivity index (χ2v) is 5.43. The van der Waals surface area contributed by atoms with Crippen LogP contribution in [0.5, 0.6) is 5.75 Å². The molecule has 0 aliphatic carbocycles. The molecule has 1 amide bonds. The Morgan fingerprint density at radius 1 is 1.56 bits per heavy atom. The van der Waals surface area contributed by atoms with E-state index < -0.39 is 12.2 Å². The number of nitrogens with zero attached hydrogens (tertiary/aromatic N) is 1. The molecule has 1 aromatic carbocycles. The van der Waals surface area contributed by atoms with Gasteiger partial charge in [0.1, 0.15) is 5.75 Å². The minimum Gasteiger partial charge on any atom is -0.480 e. The average Bonchev–Trinajstić information content (AvgIpc) is 2.61. The summed E-state index contributed by atoms with van der Waals surface area (Å²) in [5.74, 6) is 0.555. The monoisotopic (exact) mass is 313 g/mol. The molecule has 0 saturated carbocycles. The SMILES string of the molecule is CC(O)c1ccc(Br)cc1OC1CCN(C)C1=O. The van der Waals surface area contributed by atoms with Gasteiger partial charge in [0.05, 0.1) is 6.10 Å². The Morgan fingerprint density at radius 2 is 2.28 bits per heavy atom. The fourth-order valence-electron chi connectivity index (χ4n) is 2.01. The Hall–Kier alpha value is -1.07. The quantitative estimate of drug-likeness (QED) is 0.930. The molecule has 1 aromatic rings. The van der Waals surface area contributed by atoms with Crippen LogP contribution in [0.2, 0.25) is 0 Å². The van der Waals surface area contributed by atoms with Crippen molar-refractivity contribution in [1.29, 1.82) is 0 Å². The van der Waals surface area contributed by atoms with Crippen LogP contribution in [0.15, 0.2) is 22.7 Å². The molecule has 5 heteroatoms. The number of hydrogen-bond acceptors (Lipinski definition) is 3. The highest BCUT2D eigenvalue weighted by Crippen LogP contribution is 2.30. The van der Waals surface area contributed by atoms with E-state index in [1.54, 1.807) is 31.0 Å². The van der Waals surface area contributed by atoms with Crippen molar-refractivity contribution in [2.75, 3.05) is 13.6 Å². The average molecular weight is 314 g/mol. The summed E-state index contributed by atoms with van der Waals surface area (Å²) in [4.78, 5) is 13.5. The summed E-state index contributed by atoms with van der Waals surface area (Å²) in [5.41, 5.74) is 0.695. The fourth-order valence-corrected chi connectivity index (χ4v) is 2.35. The van der Waals surface area contributed by atoms with Crippen LogP contribution in [-0.4, -0.2) is 35.6 Å². The maximum atomic E-state index is 11.8. The lowest BCUT2D eigenvalue weighted by atomic mass is 10.1. The van der Waals surface area contributed by atoms with Crippen LogP contribution in [0.3, 0.4) is 0 Å². The van der Waals surface area contributed by atoms with E-state index in [9.17, 15) is 9.90 Å². The number of carbonyl (C=O) groups excluding carboxylic acids is 1. The Morgan fingerprint density at radius 3 is 2.83 bits per heavy atom. The molecule has 18 heavy (non-hydrogen) atoms. The Balaban J connectivity index is 2.23. The third kappa shape index (κ3) is 2.67. The molecule has 0 radical (unpaired) electrons. The molecule has 2 rings (SSSR count). The number of hydrogen-bond donors (Lipinski definition) is 1. The van der Waals surface area contributed by atoms with Gasteiger partial charge in [-0.25, -0.2) is 0 Å². The van der Waals surface area contributed by atoms with E-state index in [2.05, 4.69) is 15.9 Å². The number of aliphatic hydroxyl groups is 1. The molecule has 4 nitrogen and oxygen atoms in total. The topological polar surface area (TPSA) is 49.8 Å². The third-order valence-corrected chi connectivity index (χ3v) is 3.57. The van der Waals surface area contributed by atoms with E-state index in [1.807, 2.05) is 6.07 Å². The number of carbonyl (C=O) groups is 1. The number of likely N-dealkylation sites (N-methyl/N-ethyl adjacent to an activating group) is 1. The molecule has 2 atom stereocenters. The van der Waals surface area contributed by atoms with Crippen molar-refractivity contribution in [2.45, 2.75) is 25.6 Å². The number of ether oxygens (including phenoxy) is 1. The lowest BCUT2D eigenvalue weighted by Crippen LogP contribution is -2.29. The number of likely N-dealkylation sites (tertiary alicyclic amines) is 1. The van der Waals surface area contributed by atoms with Crippen molar-refractivity contribution < 1.29 is 14.6 Å². The number of benzene rings is 1. The van der Waals surface area contributed by atoms with Gasteiger partial charge in [-0.3, -0.25) is 4.79 Å². The van der Waals surface area contributed by atoms with Gasteiger partial charge >= 0.3 is 0 Å². The Bertz CT molecular complexity index is 462. The highest BCUT2D eigenvalue weighted by atomic mass is 79.9. The van der Waals surface area contributed by atoms with Gasteiger partial charge in [0.2, 0.25) is 0 Å². The third-order valence-electron chi connectivity index (χ3n) is 3.07. The summed E-state index contributed by atoms with van der Waals surface area (Å²) >= 11 is 3.36. The summed E-state index contributed by atoms with van der Waals surface area (Å²) in [6, 6.07) is 5.43. The van der Waals surface area contributed by atoms with Crippen LogP contribution < -0.4 is 4.74 Å². The molecule has 1 saturated heterocycles. The van der Waals surface area contributed by atoms with E-state index in [0.717, 1.165) is 4.47 Å². The molecule has 0 aromatic heterocycles. The van der Waals surface area contributed by atoms with Crippen molar-refractivity contribution in [3.63, 3.8) is 0 Å². The molecule has 98 valence electrons. The summed E-state index contributed by atoms with van der Waals surface area (Å²) in [6.45, 7) is 2.39. The van der Waals surface area contributed by atoms with Crippen molar-refractivity contribution in [3.05, 3.63) is 28.2 Å². The number of aliphatic hydroxyl groups excluding tert-OH is 1. The maximum Gasteiger partial charge on any atom is 0.263 e. The normalized spacial score (nSPS) is 21.2. The molecule has 0 bridgehead atoms. The summed E-state index contributed by atoms with van der Waals surface area (Å²) in [6.07, 6.45) is -0.384. The first-order chi connectivity index (χ1) is 8.49. The molecule has 2 unspecified atom stereocenters. The highest BCUT2D eigenvalue weighted by molar-refractivity contribution is 9.10. The molecule has 0 spiro atoms. The van der Waals surface area contributed by atoms with Crippen LogP contribution in [0.1, 0.15) is 25.0 Å². The van der Waals surface area contributed by atoms with Crippen molar-refractivity contribution >= 4 is 21.8 Å². The van der Waals surface area contributed by atoms with E-state index in [1.165, 1.54) is 0 Å². The zero-order valence-electron chi connectivity index (χ0n) is 10.4. The first-order valence-electron chi connectivity index (χ1n) is 5.88. The van der Waals surface area contributed by atoms with Gasteiger partial charge in [0, 0.05) is 30.0 Å². The Kier molecular flexibility index (Phi) is 3.92. The predicted molar refractivity (Wildman–Crippen MR) is 71.4 cm³/mol. The largest absolute Gasteiger partial charge is 0.480 e. The van der Waals surface area contributed by atoms with Gasteiger partial charge in [0.15, 0.2) is 6.10 Å². The molecule has 1 heterocycles. The van der Waals surface area contributed by atoms with Crippen LogP contribution >= 0.6 is 15.9 Å². The van der Waals surface area contributed by atoms with Gasteiger partial charge in [-0.1, -0.05) is 22.0 Å². The van der Waals surface area contributed by atoms with Gasteiger partial charge in [-0.15, -0.1) is 0 Å². The van der Waals surface area contributed by atoms with Crippen LogP contribution in [0.4, 0.5) is 0 Å². The summed E-state index contributed by atoms with van der Waals surface area (Å²) < 4.78 is 6.61. The molecule has 1 fully saturated rings. The zero-order valence-corrected chi connectivity index (χ0v) is 12.0. The maximum absolute atomic E-state index is 11.8. The van der Waals surface area contributed by atoms with Crippen LogP contribution in [0, 0.1) is 0 Å². The van der Waals surface area contributed by atoms with Gasteiger partial charge in [0.25, 0.3) is 5.91 Å². The fraction of sp³-hybridized carbons (Fsp3) is 0.462. The summed E-state index contributed by atoms with van der Waals surface area (Å²) in [7, 11) is 1.77. The number of rotatable bonds is 3. The standard InChI is InChI=1S/C13H16BrNO3/c1-8(16)10-4-3-9(14)7-12(10)18-11-5-6-15(2)13(11)17/h3-4,7-8,11,16H,5-6H2,1-2H3. The molecule has 1 aliphatic rings. The number of halogens is 1. The minimum atomic E-state index is -0.623. The predicted octanol–water partition coefficient (Wildman–Crippen LogP) is 2.11. The lowest BCUT2D eigenvalue weighted by Gasteiger charge is -2.17. The molecular weight excluding hydrogens is 298 g/mol. The first-order valence-corrected chi connectivity index (χ1v) is 6.67. The first kappa shape index (κ1) is 13.4. The van der Waals surface area contributed by atoms with E-state index in [-0.39, 0.29) is 5.91 Å². The minimum absolute atomic E-state index is 0.00785. The van der Waals surface area contributed by atoms with Crippen LogP contribution in [0.25, 0.3) is 0 Å². The molecular formula is C13H16BrNO3. The van der Waals surface area contributed by atoms with Gasteiger partial charge < -0.3 is 14.7 Å². The smallest absolute Gasteiger partial charge is 0.263 e. The zero-order chi connectivity index (χ0) is 13.3. The Labute approximate surface area is 115 Å². The second kappa shape index (κ2) is 5.28. The summed E-state index contributed by atoms with van der Waals surface area (Å²) in [5, 5.41) is 9.70. The lowest BCUT2D eigenvalue weighted by molar-refractivity contribution is -0.132. The van der Waals surface area contributed by atoms with E-state index in [0.29, 0.717) is 24.3 Å².